The van der Waals surface area contributed by atoms with Gasteiger partial charge in [0.15, 0.2) is 0 Å². The van der Waals surface area contributed by atoms with Crippen LogP contribution in [0.2, 0.25) is 0 Å². The molecule has 0 aromatic carbocycles. The molecule has 2 fully saturated rings. The van der Waals surface area contributed by atoms with E-state index in [2.05, 4.69) is 34.6 Å². The molecule has 0 heterocycles. The molecule has 2 saturated carbocycles. The second-order valence-electron chi connectivity index (χ2n) is 10.2. The van der Waals surface area contributed by atoms with Crippen molar-refractivity contribution < 1.29 is 14.6 Å². The first-order valence-electron chi connectivity index (χ1n) is 10.3. The van der Waals surface area contributed by atoms with Crippen molar-refractivity contribution in [1.29, 1.82) is 0 Å². The lowest BCUT2D eigenvalue weighted by atomic mass is 9.45. The Morgan fingerprint density at radius 3 is 2.48 bits per heavy atom. The topological polar surface area (TPSA) is 46.5 Å². The van der Waals surface area contributed by atoms with Gasteiger partial charge in [0.1, 0.15) is 0 Å². The fourth-order valence-electron chi connectivity index (χ4n) is 6.26. The number of hydrogen-bond acceptors (Lipinski definition) is 3. The number of esters is 1. The van der Waals surface area contributed by atoms with Gasteiger partial charge in [-0.15, -0.1) is 0 Å². The van der Waals surface area contributed by atoms with Gasteiger partial charge in [0.2, 0.25) is 0 Å². The Hall–Kier alpha value is -0.570. The summed E-state index contributed by atoms with van der Waals surface area (Å²) >= 11 is 0. The van der Waals surface area contributed by atoms with Crippen LogP contribution in [0.15, 0.2) is 0 Å². The monoisotopic (exact) mass is 352 g/mol. The molecule has 2 aliphatic carbocycles. The Morgan fingerprint density at radius 1 is 1.16 bits per heavy atom. The standard InChI is InChI=1S/C22H40O3/c1-16(11-15-25-17(2)23)8-9-19-21(5)13-7-12-20(3,4)18(21)10-14-22(19,6)24/h16,18-19,24H,7-15H2,1-6H3/t16-,18+,19-,21-,22-/m1/s1. The first-order chi connectivity index (χ1) is 11.5. The number of ether oxygens (including phenoxy) is 1. The number of rotatable bonds is 6. The zero-order valence-electron chi connectivity index (χ0n) is 17.4. The molecule has 25 heavy (non-hydrogen) atoms. The molecule has 3 nitrogen and oxygen atoms in total. The number of carbonyl (C=O) groups excluding carboxylic acids is 1. The second kappa shape index (κ2) is 7.58. The first-order valence-corrected chi connectivity index (χ1v) is 10.3. The normalized spacial score (nSPS) is 38.7. The third-order valence-electron chi connectivity index (χ3n) is 7.63. The van der Waals surface area contributed by atoms with E-state index in [-0.39, 0.29) is 11.4 Å². The van der Waals surface area contributed by atoms with E-state index in [9.17, 15) is 9.90 Å². The zero-order valence-corrected chi connectivity index (χ0v) is 17.4. The van der Waals surface area contributed by atoms with E-state index in [4.69, 9.17) is 4.74 Å². The second-order valence-corrected chi connectivity index (χ2v) is 10.2. The Bertz CT molecular complexity index is 468. The summed E-state index contributed by atoms with van der Waals surface area (Å²) in [4.78, 5) is 10.9. The smallest absolute Gasteiger partial charge is 0.302 e. The van der Waals surface area contributed by atoms with Gasteiger partial charge in [0, 0.05) is 6.92 Å². The maximum atomic E-state index is 11.2. The fourth-order valence-corrected chi connectivity index (χ4v) is 6.26. The lowest BCUT2D eigenvalue weighted by Gasteiger charge is -2.61. The van der Waals surface area contributed by atoms with Crippen LogP contribution < -0.4 is 0 Å². The molecule has 0 bridgehead atoms. The summed E-state index contributed by atoms with van der Waals surface area (Å²) in [6, 6.07) is 0. The van der Waals surface area contributed by atoms with Crippen molar-refractivity contribution in [3.63, 3.8) is 0 Å². The predicted octanol–water partition coefficient (Wildman–Crippen LogP) is 5.35. The van der Waals surface area contributed by atoms with Crippen LogP contribution in [-0.4, -0.2) is 23.3 Å². The van der Waals surface area contributed by atoms with Crippen molar-refractivity contribution in [3.8, 4) is 0 Å². The van der Waals surface area contributed by atoms with Gasteiger partial charge in [0.25, 0.3) is 0 Å². The van der Waals surface area contributed by atoms with E-state index in [1.807, 2.05) is 0 Å². The molecule has 2 rings (SSSR count). The van der Waals surface area contributed by atoms with Crippen LogP contribution in [0, 0.1) is 28.6 Å². The van der Waals surface area contributed by atoms with Gasteiger partial charge in [-0.1, -0.05) is 40.5 Å². The van der Waals surface area contributed by atoms with Crippen LogP contribution in [0.3, 0.4) is 0 Å². The zero-order chi connectivity index (χ0) is 18.9. The molecular weight excluding hydrogens is 312 g/mol. The van der Waals surface area contributed by atoms with E-state index in [1.54, 1.807) is 0 Å². The molecule has 1 N–H and O–H groups in total. The van der Waals surface area contributed by atoms with Gasteiger partial charge in [-0.25, -0.2) is 0 Å². The summed E-state index contributed by atoms with van der Waals surface area (Å²) in [6.07, 6.45) is 9.06. The van der Waals surface area contributed by atoms with Gasteiger partial charge >= 0.3 is 5.97 Å². The average Bonchev–Trinajstić information content (AvgIpc) is 2.44. The molecular formula is C22H40O3. The summed E-state index contributed by atoms with van der Waals surface area (Å²) in [5.74, 6) is 1.42. The molecule has 0 amide bonds. The molecule has 2 aliphatic rings. The minimum Gasteiger partial charge on any atom is -0.466 e. The van der Waals surface area contributed by atoms with Crippen molar-refractivity contribution in [2.24, 2.45) is 28.6 Å². The van der Waals surface area contributed by atoms with Crippen LogP contribution >= 0.6 is 0 Å². The number of hydrogen-bond donors (Lipinski definition) is 1. The Kier molecular flexibility index (Phi) is 6.29. The molecule has 0 radical (unpaired) electrons. The minimum absolute atomic E-state index is 0.192. The van der Waals surface area contributed by atoms with E-state index in [1.165, 1.54) is 26.2 Å². The molecule has 0 unspecified atom stereocenters. The van der Waals surface area contributed by atoms with Crippen molar-refractivity contribution in [2.75, 3.05) is 6.61 Å². The van der Waals surface area contributed by atoms with Crippen molar-refractivity contribution in [3.05, 3.63) is 0 Å². The average molecular weight is 353 g/mol. The molecule has 0 saturated heterocycles. The fraction of sp³-hybridized carbons (Fsp3) is 0.955. The van der Waals surface area contributed by atoms with Crippen molar-refractivity contribution in [2.45, 2.75) is 98.5 Å². The highest BCUT2D eigenvalue weighted by Gasteiger charge is 2.57. The first kappa shape index (κ1) is 20.7. The van der Waals surface area contributed by atoms with Gasteiger partial charge in [-0.2, -0.15) is 0 Å². The third kappa shape index (κ3) is 4.59. The van der Waals surface area contributed by atoms with Crippen molar-refractivity contribution >= 4 is 5.97 Å². The SMILES string of the molecule is CC(=O)OCC[C@H](C)CC[C@@H]1[C@]2(C)CCCC(C)(C)[C@@H]2CC[C@@]1(C)O. The van der Waals surface area contributed by atoms with E-state index in [0.29, 0.717) is 23.9 Å². The lowest BCUT2D eigenvalue weighted by molar-refractivity contribution is -0.170. The summed E-state index contributed by atoms with van der Waals surface area (Å²) in [5.41, 5.74) is 0.0933. The summed E-state index contributed by atoms with van der Waals surface area (Å²) < 4.78 is 5.09. The molecule has 0 spiro atoms. The number of carbonyl (C=O) groups is 1. The largest absolute Gasteiger partial charge is 0.466 e. The molecule has 0 aliphatic heterocycles. The predicted molar refractivity (Wildman–Crippen MR) is 102 cm³/mol. The van der Waals surface area contributed by atoms with Crippen LogP contribution in [0.5, 0.6) is 0 Å². The van der Waals surface area contributed by atoms with Gasteiger partial charge in [-0.05, 0) is 74.0 Å². The van der Waals surface area contributed by atoms with Gasteiger partial charge < -0.3 is 9.84 Å². The molecule has 0 aromatic rings. The molecule has 5 atom stereocenters. The molecule has 146 valence electrons. The van der Waals surface area contributed by atoms with Crippen LogP contribution in [0.25, 0.3) is 0 Å². The summed E-state index contributed by atoms with van der Waals surface area (Å²) in [7, 11) is 0. The highest BCUT2D eigenvalue weighted by Crippen LogP contribution is 2.63. The highest BCUT2D eigenvalue weighted by molar-refractivity contribution is 5.65. The summed E-state index contributed by atoms with van der Waals surface area (Å²) in [5, 5.41) is 11.2. The third-order valence-corrected chi connectivity index (χ3v) is 7.63. The quantitative estimate of drug-likeness (QED) is 0.655. The number of aliphatic hydroxyl groups is 1. The Labute approximate surface area is 154 Å². The minimum atomic E-state index is -0.547. The van der Waals surface area contributed by atoms with Gasteiger partial charge in [0.05, 0.1) is 12.2 Å². The molecule has 3 heteroatoms. The Morgan fingerprint density at radius 2 is 1.84 bits per heavy atom. The van der Waals surface area contributed by atoms with E-state index >= 15 is 0 Å². The van der Waals surface area contributed by atoms with E-state index in [0.717, 1.165) is 38.0 Å². The van der Waals surface area contributed by atoms with E-state index < -0.39 is 5.60 Å². The van der Waals surface area contributed by atoms with Gasteiger partial charge in [-0.3, -0.25) is 4.79 Å². The highest BCUT2D eigenvalue weighted by atomic mass is 16.5. The maximum Gasteiger partial charge on any atom is 0.302 e. The summed E-state index contributed by atoms with van der Waals surface area (Å²) in [6.45, 7) is 13.6. The lowest BCUT2D eigenvalue weighted by Crippen LogP contribution is -2.57. The Balaban J connectivity index is 2.04. The number of fused-ring (bicyclic) bond motifs is 1. The van der Waals surface area contributed by atoms with Crippen LogP contribution in [0.4, 0.5) is 0 Å². The van der Waals surface area contributed by atoms with Crippen molar-refractivity contribution in [1.82, 2.24) is 0 Å². The maximum absolute atomic E-state index is 11.2. The van der Waals surface area contributed by atoms with Crippen LogP contribution in [-0.2, 0) is 9.53 Å². The van der Waals surface area contributed by atoms with Crippen LogP contribution in [0.1, 0.15) is 92.9 Å². The molecule has 0 aromatic heterocycles.